The third-order valence-electron chi connectivity index (χ3n) is 3.59. The van der Waals surface area contributed by atoms with Crippen molar-refractivity contribution in [2.24, 2.45) is 0 Å². The molecule has 1 aliphatic rings. The Morgan fingerprint density at radius 2 is 2.11 bits per heavy atom. The van der Waals surface area contributed by atoms with Crippen molar-refractivity contribution >= 4 is 21.7 Å². The van der Waals surface area contributed by atoms with E-state index in [0.29, 0.717) is 13.0 Å². The lowest BCUT2D eigenvalue weighted by Crippen LogP contribution is -2.40. The van der Waals surface area contributed by atoms with Crippen LogP contribution in [0.3, 0.4) is 0 Å². The van der Waals surface area contributed by atoms with Gasteiger partial charge in [-0.25, -0.2) is 0 Å². The van der Waals surface area contributed by atoms with E-state index in [1.54, 1.807) is 0 Å². The Morgan fingerprint density at radius 3 is 2.72 bits per heavy atom. The Morgan fingerprint density at radius 1 is 1.39 bits per heavy atom. The molecule has 0 heterocycles. The number of ketones is 1. The van der Waals surface area contributed by atoms with E-state index in [-0.39, 0.29) is 5.78 Å². The van der Waals surface area contributed by atoms with Crippen LogP contribution in [-0.4, -0.2) is 18.0 Å². The van der Waals surface area contributed by atoms with Crippen molar-refractivity contribution in [2.75, 3.05) is 6.61 Å². The molecule has 2 nitrogen and oxygen atoms in total. The molecule has 0 spiro atoms. The maximum Gasteiger partial charge on any atom is 0.168 e. The monoisotopic (exact) mass is 310 g/mol. The topological polar surface area (TPSA) is 26.3 Å². The second kappa shape index (κ2) is 5.98. The van der Waals surface area contributed by atoms with E-state index in [9.17, 15) is 4.79 Å². The summed E-state index contributed by atoms with van der Waals surface area (Å²) in [5.41, 5.74) is 0.553. The van der Waals surface area contributed by atoms with Crippen LogP contribution < -0.4 is 0 Å². The van der Waals surface area contributed by atoms with E-state index >= 15 is 0 Å². The summed E-state index contributed by atoms with van der Waals surface area (Å²) in [7, 11) is 0. The van der Waals surface area contributed by atoms with Crippen molar-refractivity contribution in [3.8, 4) is 0 Å². The fourth-order valence-electron chi connectivity index (χ4n) is 2.72. The van der Waals surface area contributed by atoms with Gasteiger partial charge in [0.05, 0.1) is 0 Å². The SMILES string of the molecule is CCOC1(C(=O)Cc2cccc(Br)c2)CCCC1. The molecule has 0 unspecified atom stereocenters. The van der Waals surface area contributed by atoms with Gasteiger partial charge < -0.3 is 4.74 Å². The summed E-state index contributed by atoms with van der Waals surface area (Å²) in [6, 6.07) is 7.94. The van der Waals surface area contributed by atoms with Gasteiger partial charge in [-0.05, 0) is 50.3 Å². The number of ether oxygens (including phenoxy) is 1. The Balaban J connectivity index is 2.10. The predicted octanol–water partition coefficient (Wildman–Crippen LogP) is 3.91. The van der Waals surface area contributed by atoms with Crippen LogP contribution in [0.2, 0.25) is 0 Å². The summed E-state index contributed by atoms with van der Waals surface area (Å²) in [5.74, 6) is 0.236. The molecule has 1 aromatic rings. The van der Waals surface area contributed by atoms with E-state index in [0.717, 1.165) is 35.7 Å². The number of halogens is 1. The Hall–Kier alpha value is -0.670. The molecule has 1 fully saturated rings. The van der Waals surface area contributed by atoms with Gasteiger partial charge in [0.1, 0.15) is 5.60 Å². The highest BCUT2D eigenvalue weighted by atomic mass is 79.9. The molecule has 0 radical (unpaired) electrons. The first-order valence-corrected chi connectivity index (χ1v) is 7.37. The molecule has 0 amide bonds. The Bertz CT molecular complexity index is 422. The smallest absolute Gasteiger partial charge is 0.168 e. The molecular weight excluding hydrogens is 292 g/mol. The molecule has 0 aliphatic heterocycles. The van der Waals surface area contributed by atoms with Gasteiger partial charge in [-0.2, -0.15) is 0 Å². The zero-order valence-electron chi connectivity index (χ0n) is 10.7. The summed E-state index contributed by atoms with van der Waals surface area (Å²) >= 11 is 3.44. The molecule has 0 atom stereocenters. The quantitative estimate of drug-likeness (QED) is 0.824. The lowest BCUT2D eigenvalue weighted by molar-refractivity contribution is -0.142. The molecule has 0 saturated heterocycles. The lowest BCUT2D eigenvalue weighted by Gasteiger charge is -2.27. The van der Waals surface area contributed by atoms with Crippen molar-refractivity contribution in [1.82, 2.24) is 0 Å². The van der Waals surface area contributed by atoms with Gasteiger partial charge in [-0.3, -0.25) is 4.79 Å². The highest BCUT2D eigenvalue weighted by molar-refractivity contribution is 9.10. The van der Waals surface area contributed by atoms with Gasteiger partial charge in [0.15, 0.2) is 5.78 Å². The molecule has 0 N–H and O–H groups in total. The molecular formula is C15H19BrO2. The van der Waals surface area contributed by atoms with E-state index in [1.807, 2.05) is 31.2 Å². The summed E-state index contributed by atoms with van der Waals surface area (Å²) in [6.45, 7) is 2.58. The maximum atomic E-state index is 12.5. The van der Waals surface area contributed by atoms with E-state index in [2.05, 4.69) is 15.9 Å². The highest BCUT2D eigenvalue weighted by Gasteiger charge is 2.41. The van der Waals surface area contributed by atoms with Gasteiger partial charge in [-0.15, -0.1) is 0 Å². The van der Waals surface area contributed by atoms with Crippen molar-refractivity contribution in [2.45, 2.75) is 44.6 Å². The largest absolute Gasteiger partial charge is 0.367 e. The first-order valence-electron chi connectivity index (χ1n) is 6.58. The molecule has 2 rings (SSSR count). The molecule has 1 aliphatic carbocycles. The molecule has 3 heteroatoms. The first-order chi connectivity index (χ1) is 8.66. The second-order valence-electron chi connectivity index (χ2n) is 4.86. The van der Waals surface area contributed by atoms with Crippen LogP contribution in [0.5, 0.6) is 0 Å². The van der Waals surface area contributed by atoms with Crippen LogP contribution in [0.25, 0.3) is 0 Å². The molecule has 98 valence electrons. The van der Waals surface area contributed by atoms with E-state index < -0.39 is 5.60 Å². The first kappa shape index (κ1) is 13.8. The van der Waals surface area contributed by atoms with Crippen molar-refractivity contribution in [3.05, 3.63) is 34.3 Å². The summed E-state index contributed by atoms with van der Waals surface area (Å²) in [5, 5.41) is 0. The zero-order valence-corrected chi connectivity index (χ0v) is 12.3. The lowest BCUT2D eigenvalue weighted by atomic mass is 9.91. The number of hydrogen-bond donors (Lipinski definition) is 0. The van der Waals surface area contributed by atoms with Crippen LogP contribution in [0.15, 0.2) is 28.7 Å². The van der Waals surface area contributed by atoms with Crippen LogP contribution in [0.1, 0.15) is 38.2 Å². The van der Waals surface area contributed by atoms with Crippen LogP contribution in [0.4, 0.5) is 0 Å². The average molecular weight is 311 g/mol. The number of Topliss-reactive ketones (excluding diaryl/α,β-unsaturated/α-hetero) is 1. The van der Waals surface area contributed by atoms with Crippen LogP contribution in [0, 0.1) is 0 Å². The maximum absolute atomic E-state index is 12.5. The van der Waals surface area contributed by atoms with Crippen molar-refractivity contribution < 1.29 is 9.53 Å². The molecule has 1 aromatic carbocycles. The third kappa shape index (κ3) is 3.01. The van der Waals surface area contributed by atoms with Gasteiger partial charge in [0, 0.05) is 17.5 Å². The number of carbonyl (C=O) groups is 1. The van der Waals surface area contributed by atoms with Crippen molar-refractivity contribution in [3.63, 3.8) is 0 Å². The highest BCUT2D eigenvalue weighted by Crippen LogP contribution is 2.35. The summed E-state index contributed by atoms with van der Waals surface area (Å²) in [6.07, 6.45) is 4.44. The fraction of sp³-hybridized carbons (Fsp3) is 0.533. The fourth-order valence-corrected chi connectivity index (χ4v) is 3.17. The third-order valence-corrected chi connectivity index (χ3v) is 4.09. The Kier molecular flexibility index (Phi) is 4.57. The standard InChI is InChI=1S/C15H19BrO2/c1-2-18-15(8-3-4-9-15)14(17)11-12-6-5-7-13(16)10-12/h5-7,10H,2-4,8-9,11H2,1H3. The van der Waals surface area contributed by atoms with E-state index in [1.165, 1.54) is 0 Å². The van der Waals surface area contributed by atoms with Gasteiger partial charge in [0.2, 0.25) is 0 Å². The molecule has 0 aromatic heterocycles. The average Bonchev–Trinajstić information content (AvgIpc) is 2.79. The van der Waals surface area contributed by atoms with Crippen LogP contribution in [-0.2, 0) is 16.0 Å². The minimum atomic E-state index is -0.503. The normalized spacial score (nSPS) is 17.9. The van der Waals surface area contributed by atoms with Crippen LogP contribution >= 0.6 is 15.9 Å². The van der Waals surface area contributed by atoms with E-state index in [4.69, 9.17) is 4.74 Å². The summed E-state index contributed by atoms with van der Waals surface area (Å²) < 4.78 is 6.81. The second-order valence-corrected chi connectivity index (χ2v) is 5.78. The number of benzene rings is 1. The molecule has 18 heavy (non-hydrogen) atoms. The Labute approximate surface area is 117 Å². The number of rotatable bonds is 5. The predicted molar refractivity (Wildman–Crippen MR) is 75.7 cm³/mol. The minimum Gasteiger partial charge on any atom is -0.367 e. The summed E-state index contributed by atoms with van der Waals surface area (Å²) in [4.78, 5) is 12.5. The van der Waals surface area contributed by atoms with Gasteiger partial charge in [0.25, 0.3) is 0 Å². The minimum absolute atomic E-state index is 0.236. The number of carbonyl (C=O) groups excluding carboxylic acids is 1. The van der Waals surface area contributed by atoms with Gasteiger partial charge in [-0.1, -0.05) is 28.1 Å². The van der Waals surface area contributed by atoms with Gasteiger partial charge >= 0.3 is 0 Å². The van der Waals surface area contributed by atoms with Crippen molar-refractivity contribution in [1.29, 1.82) is 0 Å². The number of hydrogen-bond acceptors (Lipinski definition) is 2. The molecule has 1 saturated carbocycles. The zero-order chi connectivity index (χ0) is 13.0. The molecule has 0 bridgehead atoms.